The molecule has 0 radical (unpaired) electrons. The van der Waals surface area contributed by atoms with Crippen LogP contribution in [0.4, 0.5) is 0 Å². The maximum atomic E-state index is 11.8. The number of hydrogen-bond donors (Lipinski definition) is 1. The third-order valence-corrected chi connectivity index (χ3v) is 2.95. The SMILES string of the molecule is C/C(=N\O)c1ccccc1OCC(=O)N(C)C(C)C. The van der Waals surface area contributed by atoms with Crippen LogP contribution in [-0.4, -0.2) is 41.4 Å². The zero-order valence-corrected chi connectivity index (χ0v) is 11.8. The number of hydrogen-bond acceptors (Lipinski definition) is 4. The predicted molar refractivity (Wildman–Crippen MR) is 73.8 cm³/mol. The van der Waals surface area contributed by atoms with Crippen molar-refractivity contribution in [3.05, 3.63) is 29.8 Å². The Balaban J connectivity index is 2.76. The number of rotatable bonds is 5. The van der Waals surface area contributed by atoms with Gasteiger partial charge in [0.05, 0.1) is 5.71 Å². The summed E-state index contributed by atoms with van der Waals surface area (Å²) in [5, 5.41) is 12.0. The maximum Gasteiger partial charge on any atom is 0.260 e. The normalized spacial score (nSPS) is 11.5. The lowest BCUT2D eigenvalue weighted by molar-refractivity contribution is -0.133. The van der Waals surface area contributed by atoms with Gasteiger partial charge in [0, 0.05) is 18.7 Å². The lowest BCUT2D eigenvalue weighted by Crippen LogP contribution is -2.36. The number of nitrogens with zero attached hydrogens (tertiary/aromatic N) is 2. The molecule has 5 heteroatoms. The van der Waals surface area contributed by atoms with E-state index in [2.05, 4.69) is 5.16 Å². The van der Waals surface area contributed by atoms with Crippen LogP contribution in [0, 0.1) is 0 Å². The standard InChI is InChI=1S/C14H20N2O3/c1-10(2)16(4)14(17)9-19-13-8-6-5-7-12(13)11(3)15-18/h5-8,10,18H,9H2,1-4H3/b15-11+. The Morgan fingerprint density at radius 3 is 2.63 bits per heavy atom. The number of carbonyl (C=O) groups is 1. The average Bonchev–Trinajstić information content (AvgIpc) is 2.43. The molecule has 1 amide bonds. The highest BCUT2D eigenvalue weighted by molar-refractivity contribution is 6.00. The van der Waals surface area contributed by atoms with Crippen molar-refractivity contribution in [3.8, 4) is 5.75 Å². The molecule has 0 saturated carbocycles. The third kappa shape index (κ3) is 3.98. The van der Waals surface area contributed by atoms with Crippen molar-refractivity contribution in [1.29, 1.82) is 0 Å². The molecule has 0 saturated heterocycles. The summed E-state index contributed by atoms with van der Waals surface area (Å²) in [4.78, 5) is 13.5. The van der Waals surface area contributed by atoms with Crippen LogP contribution in [0.2, 0.25) is 0 Å². The number of carbonyl (C=O) groups excluding carboxylic acids is 1. The van der Waals surface area contributed by atoms with Crippen molar-refractivity contribution >= 4 is 11.6 Å². The molecule has 0 unspecified atom stereocenters. The molecule has 1 aromatic rings. The molecule has 1 rings (SSSR count). The van der Waals surface area contributed by atoms with Crippen molar-refractivity contribution in [2.45, 2.75) is 26.8 Å². The summed E-state index contributed by atoms with van der Waals surface area (Å²) in [5.74, 6) is 0.437. The van der Waals surface area contributed by atoms with Gasteiger partial charge in [-0.25, -0.2) is 0 Å². The molecular weight excluding hydrogens is 244 g/mol. The largest absolute Gasteiger partial charge is 0.483 e. The molecule has 19 heavy (non-hydrogen) atoms. The van der Waals surface area contributed by atoms with Crippen molar-refractivity contribution in [2.75, 3.05) is 13.7 Å². The highest BCUT2D eigenvalue weighted by atomic mass is 16.5. The number of benzene rings is 1. The van der Waals surface area contributed by atoms with Crippen LogP contribution in [0.15, 0.2) is 29.4 Å². The number of oxime groups is 1. The van der Waals surface area contributed by atoms with E-state index >= 15 is 0 Å². The minimum atomic E-state index is -0.0941. The van der Waals surface area contributed by atoms with Gasteiger partial charge < -0.3 is 14.8 Å². The van der Waals surface area contributed by atoms with Crippen LogP contribution in [0.5, 0.6) is 5.75 Å². The van der Waals surface area contributed by atoms with E-state index < -0.39 is 0 Å². The van der Waals surface area contributed by atoms with Crippen molar-refractivity contribution in [2.24, 2.45) is 5.16 Å². The molecule has 0 spiro atoms. The van der Waals surface area contributed by atoms with Gasteiger partial charge in [0.2, 0.25) is 0 Å². The molecule has 104 valence electrons. The minimum absolute atomic E-state index is 0.0373. The van der Waals surface area contributed by atoms with Crippen LogP contribution in [0.3, 0.4) is 0 Å². The molecule has 0 aliphatic heterocycles. The fraction of sp³-hybridized carbons (Fsp3) is 0.429. The van der Waals surface area contributed by atoms with Crippen LogP contribution < -0.4 is 4.74 Å². The van der Waals surface area contributed by atoms with Gasteiger partial charge in [-0.1, -0.05) is 17.3 Å². The quantitative estimate of drug-likeness (QED) is 0.503. The Kier molecular flexibility index (Phi) is 5.36. The summed E-state index contributed by atoms with van der Waals surface area (Å²) in [6.07, 6.45) is 0. The topological polar surface area (TPSA) is 62.1 Å². The second-order valence-corrected chi connectivity index (χ2v) is 4.57. The van der Waals surface area contributed by atoms with Crippen molar-refractivity contribution < 1.29 is 14.7 Å². The summed E-state index contributed by atoms with van der Waals surface area (Å²) < 4.78 is 5.51. The highest BCUT2D eigenvalue weighted by Crippen LogP contribution is 2.18. The van der Waals surface area contributed by atoms with E-state index in [1.54, 1.807) is 37.1 Å². The zero-order chi connectivity index (χ0) is 14.4. The number of likely N-dealkylation sites (N-methyl/N-ethyl adjacent to an activating group) is 1. The van der Waals surface area contributed by atoms with Gasteiger partial charge in [-0.15, -0.1) is 0 Å². The van der Waals surface area contributed by atoms with Crippen LogP contribution >= 0.6 is 0 Å². The molecule has 0 heterocycles. The van der Waals surface area contributed by atoms with E-state index in [1.165, 1.54) is 0 Å². The molecule has 0 aliphatic rings. The molecule has 0 atom stereocenters. The molecule has 0 fully saturated rings. The molecular formula is C14H20N2O3. The first-order valence-corrected chi connectivity index (χ1v) is 6.14. The van der Waals surface area contributed by atoms with Crippen molar-refractivity contribution in [1.82, 2.24) is 4.90 Å². The second-order valence-electron chi connectivity index (χ2n) is 4.57. The Hall–Kier alpha value is -2.04. The molecule has 0 aromatic heterocycles. The van der Waals surface area contributed by atoms with Crippen LogP contribution in [0.25, 0.3) is 0 Å². The van der Waals surface area contributed by atoms with E-state index in [9.17, 15) is 4.79 Å². The Labute approximate surface area is 113 Å². The zero-order valence-electron chi connectivity index (χ0n) is 11.8. The summed E-state index contributed by atoms with van der Waals surface area (Å²) in [6.45, 7) is 5.51. The van der Waals surface area contributed by atoms with E-state index in [0.717, 1.165) is 0 Å². The predicted octanol–water partition coefficient (Wildman–Crippen LogP) is 2.13. The van der Waals surface area contributed by atoms with Gasteiger partial charge >= 0.3 is 0 Å². The van der Waals surface area contributed by atoms with Crippen LogP contribution in [0.1, 0.15) is 26.3 Å². The number of amides is 1. The van der Waals surface area contributed by atoms with Gasteiger partial charge in [-0.2, -0.15) is 0 Å². The molecule has 1 aromatic carbocycles. The lowest BCUT2D eigenvalue weighted by atomic mass is 10.1. The van der Waals surface area contributed by atoms with Gasteiger partial charge in [0.15, 0.2) is 6.61 Å². The molecule has 5 nitrogen and oxygen atoms in total. The first-order chi connectivity index (χ1) is 8.97. The van der Waals surface area contributed by atoms with E-state index in [4.69, 9.17) is 9.94 Å². The highest BCUT2D eigenvalue weighted by Gasteiger charge is 2.14. The fourth-order valence-electron chi connectivity index (χ4n) is 1.47. The first-order valence-electron chi connectivity index (χ1n) is 6.14. The Morgan fingerprint density at radius 1 is 1.42 bits per heavy atom. The minimum Gasteiger partial charge on any atom is -0.483 e. The van der Waals surface area contributed by atoms with Gasteiger partial charge in [0.25, 0.3) is 5.91 Å². The Morgan fingerprint density at radius 2 is 2.05 bits per heavy atom. The molecule has 1 N–H and O–H groups in total. The smallest absolute Gasteiger partial charge is 0.260 e. The van der Waals surface area contributed by atoms with Crippen LogP contribution in [-0.2, 0) is 4.79 Å². The number of para-hydroxylation sites is 1. The van der Waals surface area contributed by atoms with Crippen molar-refractivity contribution in [3.63, 3.8) is 0 Å². The monoisotopic (exact) mass is 264 g/mol. The summed E-state index contributed by atoms with van der Waals surface area (Å²) in [7, 11) is 1.74. The summed E-state index contributed by atoms with van der Waals surface area (Å²) in [6, 6.07) is 7.28. The van der Waals surface area contributed by atoms with Gasteiger partial charge in [0.1, 0.15) is 5.75 Å². The average molecular weight is 264 g/mol. The second kappa shape index (κ2) is 6.78. The van der Waals surface area contributed by atoms with E-state index in [-0.39, 0.29) is 18.6 Å². The van der Waals surface area contributed by atoms with E-state index in [0.29, 0.717) is 17.0 Å². The summed E-state index contributed by atoms with van der Waals surface area (Å²) >= 11 is 0. The van der Waals surface area contributed by atoms with E-state index in [1.807, 2.05) is 19.9 Å². The third-order valence-electron chi connectivity index (χ3n) is 2.95. The van der Waals surface area contributed by atoms with Gasteiger partial charge in [-0.3, -0.25) is 4.79 Å². The van der Waals surface area contributed by atoms with Gasteiger partial charge in [-0.05, 0) is 32.9 Å². The summed E-state index contributed by atoms with van der Waals surface area (Å²) in [5.41, 5.74) is 1.12. The number of ether oxygens (including phenoxy) is 1. The lowest BCUT2D eigenvalue weighted by Gasteiger charge is -2.21. The fourth-order valence-corrected chi connectivity index (χ4v) is 1.47. The maximum absolute atomic E-state index is 11.8. The molecule has 0 aliphatic carbocycles. The Bertz CT molecular complexity index is 470. The first kappa shape index (κ1) is 15.0. The molecule has 0 bridgehead atoms.